The minimum Gasteiger partial charge on any atom is -0.463 e. The van der Waals surface area contributed by atoms with E-state index in [1.54, 1.807) is 0 Å². The number of rotatable bonds is 9. The first-order valence-corrected chi connectivity index (χ1v) is 11.3. The Bertz CT molecular complexity index is 757. The summed E-state index contributed by atoms with van der Waals surface area (Å²) in [7, 11) is -6.57. The lowest BCUT2D eigenvalue weighted by molar-refractivity contribution is -0.216. The lowest BCUT2D eigenvalue weighted by atomic mass is 9.59. The van der Waals surface area contributed by atoms with Crippen molar-refractivity contribution >= 4 is 22.1 Å². The van der Waals surface area contributed by atoms with Crippen molar-refractivity contribution in [1.29, 1.82) is 0 Å². The summed E-state index contributed by atoms with van der Waals surface area (Å²) in [6, 6.07) is 0. The van der Waals surface area contributed by atoms with Crippen molar-refractivity contribution in [2.75, 3.05) is 19.8 Å². The van der Waals surface area contributed by atoms with Crippen molar-refractivity contribution in [3.05, 3.63) is 0 Å². The second-order valence-corrected chi connectivity index (χ2v) is 9.95. The zero-order valence-electron chi connectivity index (χ0n) is 16.7. The molecule has 2 saturated carbocycles. The number of hydrogen-bond donors (Lipinski definition) is 2. The second kappa shape index (κ2) is 9.57. The SMILES string of the molecule is O=C(COC(=O)C(F)(C(F)(F)F)S(=O)(=O)O)OCC1(CCCO)CC2CCCC(C2)C1. The molecule has 0 spiro atoms. The lowest BCUT2D eigenvalue weighted by Gasteiger charge is -2.47. The molecule has 3 unspecified atom stereocenters. The van der Waals surface area contributed by atoms with Gasteiger partial charge in [0.25, 0.3) is 0 Å². The fourth-order valence-corrected chi connectivity index (χ4v) is 5.35. The summed E-state index contributed by atoms with van der Waals surface area (Å²) in [5, 5.41) is 3.46. The van der Waals surface area contributed by atoms with Gasteiger partial charge in [0, 0.05) is 12.0 Å². The molecular formula is C18H26F4O8S. The Balaban J connectivity index is 1.98. The maximum absolute atomic E-state index is 13.8. The first-order chi connectivity index (χ1) is 14.2. The van der Waals surface area contributed by atoms with Crippen LogP contribution in [0.3, 0.4) is 0 Å². The maximum atomic E-state index is 13.8. The molecule has 0 heterocycles. The van der Waals surface area contributed by atoms with E-state index in [4.69, 9.17) is 9.29 Å². The number of alkyl halides is 4. The van der Waals surface area contributed by atoms with Gasteiger partial charge in [0.05, 0.1) is 6.61 Å². The fourth-order valence-electron chi connectivity index (χ4n) is 4.79. The molecule has 0 aliphatic heterocycles. The van der Waals surface area contributed by atoms with Gasteiger partial charge in [-0.3, -0.25) is 4.55 Å². The van der Waals surface area contributed by atoms with Crippen LogP contribution in [0.25, 0.3) is 0 Å². The molecule has 0 aromatic carbocycles. The van der Waals surface area contributed by atoms with Crippen LogP contribution < -0.4 is 0 Å². The zero-order chi connectivity index (χ0) is 23.5. The first kappa shape index (κ1) is 25.8. The van der Waals surface area contributed by atoms with Gasteiger partial charge in [-0.15, -0.1) is 0 Å². The van der Waals surface area contributed by atoms with Crippen molar-refractivity contribution in [3.63, 3.8) is 0 Å². The van der Waals surface area contributed by atoms with Crippen molar-refractivity contribution in [1.82, 2.24) is 0 Å². The van der Waals surface area contributed by atoms with E-state index in [1.807, 2.05) is 0 Å². The summed E-state index contributed by atoms with van der Waals surface area (Å²) in [4.78, 5) is 23.3. The minimum atomic E-state index is -6.57. The maximum Gasteiger partial charge on any atom is 0.451 e. The van der Waals surface area contributed by atoms with Gasteiger partial charge < -0.3 is 14.6 Å². The van der Waals surface area contributed by atoms with E-state index in [-0.39, 0.29) is 13.2 Å². The number of halogens is 4. The summed E-state index contributed by atoms with van der Waals surface area (Å²) in [5.74, 6) is -3.39. The molecule has 2 bridgehead atoms. The highest BCUT2D eigenvalue weighted by molar-refractivity contribution is 7.88. The van der Waals surface area contributed by atoms with E-state index in [9.17, 15) is 40.7 Å². The van der Waals surface area contributed by atoms with Gasteiger partial charge in [-0.25, -0.2) is 14.0 Å². The van der Waals surface area contributed by atoms with Gasteiger partial charge in [0.1, 0.15) is 0 Å². The Labute approximate surface area is 177 Å². The van der Waals surface area contributed by atoms with Gasteiger partial charge in [0.2, 0.25) is 0 Å². The van der Waals surface area contributed by atoms with E-state index in [2.05, 4.69) is 4.74 Å². The number of esters is 2. The second-order valence-electron chi connectivity index (χ2n) is 8.44. The molecule has 13 heteroatoms. The standard InChI is InChI=1S/C18H26F4O8S/c19-17(18(20,21)22,31(26,27)28)15(25)29-10-14(24)30-11-16(5-2-6-23)8-12-3-1-4-13(7-12)9-16/h12-13,23H,1-11H2,(H,26,27,28). The van der Waals surface area contributed by atoms with Crippen molar-refractivity contribution < 1.29 is 54.7 Å². The lowest BCUT2D eigenvalue weighted by Crippen LogP contribution is -2.55. The minimum absolute atomic E-state index is 0.0612. The number of aliphatic hydroxyl groups is 1. The number of ether oxygens (including phenoxy) is 2. The molecule has 2 aliphatic rings. The summed E-state index contributed by atoms with van der Waals surface area (Å²) in [6.45, 7) is -1.64. The van der Waals surface area contributed by atoms with Crippen LogP contribution in [0.4, 0.5) is 17.6 Å². The summed E-state index contributed by atoms with van der Waals surface area (Å²) < 4.78 is 90.9. The Morgan fingerprint density at radius 1 is 1.06 bits per heavy atom. The third kappa shape index (κ3) is 5.86. The molecule has 0 radical (unpaired) electrons. The number of aliphatic hydroxyl groups excluding tert-OH is 1. The molecule has 2 aliphatic carbocycles. The van der Waals surface area contributed by atoms with Crippen molar-refractivity contribution in [2.24, 2.45) is 17.3 Å². The largest absolute Gasteiger partial charge is 0.463 e. The van der Waals surface area contributed by atoms with E-state index in [1.165, 1.54) is 0 Å². The fraction of sp³-hybridized carbons (Fsp3) is 0.889. The Morgan fingerprint density at radius 3 is 2.13 bits per heavy atom. The molecule has 0 saturated heterocycles. The van der Waals surface area contributed by atoms with E-state index < -0.39 is 45.3 Å². The van der Waals surface area contributed by atoms with Gasteiger partial charge in [-0.05, 0) is 43.9 Å². The van der Waals surface area contributed by atoms with Crippen molar-refractivity contribution in [2.45, 2.75) is 62.5 Å². The number of fused-ring (bicyclic) bond motifs is 2. The highest BCUT2D eigenvalue weighted by atomic mass is 32.2. The van der Waals surface area contributed by atoms with E-state index >= 15 is 0 Å². The summed E-state index contributed by atoms with van der Waals surface area (Å²) in [5.41, 5.74) is -0.430. The Morgan fingerprint density at radius 2 is 1.65 bits per heavy atom. The molecular weight excluding hydrogens is 452 g/mol. The van der Waals surface area contributed by atoms with E-state index in [0.717, 1.165) is 38.5 Å². The highest BCUT2D eigenvalue weighted by Gasteiger charge is 2.72. The molecule has 0 aromatic heterocycles. The Kier molecular flexibility index (Phi) is 7.96. The van der Waals surface area contributed by atoms with Crippen LogP contribution in [-0.4, -0.2) is 61.0 Å². The van der Waals surface area contributed by atoms with E-state index in [0.29, 0.717) is 24.7 Å². The summed E-state index contributed by atoms with van der Waals surface area (Å²) in [6.07, 6.45) is 0.461. The molecule has 2 N–H and O–H groups in total. The van der Waals surface area contributed by atoms with Crippen LogP contribution in [0.2, 0.25) is 0 Å². The smallest absolute Gasteiger partial charge is 0.451 e. The molecule has 8 nitrogen and oxygen atoms in total. The third-order valence-corrected chi connectivity index (χ3v) is 7.15. The molecule has 3 atom stereocenters. The number of hydrogen-bond acceptors (Lipinski definition) is 7. The van der Waals surface area contributed by atoms with Gasteiger partial charge in [0.15, 0.2) is 6.61 Å². The zero-order valence-corrected chi connectivity index (χ0v) is 17.5. The monoisotopic (exact) mass is 478 g/mol. The van der Waals surface area contributed by atoms with Gasteiger partial charge in [-0.2, -0.15) is 21.6 Å². The predicted molar refractivity (Wildman–Crippen MR) is 96.8 cm³/mol. The number of carbonyl (C=O) groups excluding carboxylic acids is 2. The van der Waals surface area contributed by atoms with Crippen LogP contribution in [0, 0.1) is 17.3 Å². The topological polar surface area (TPSA) is 127 Å². The molecule has 180 valence electrons. The first-order valence-electron chi connectivity index (χ1n) is 9.90. The highest BCUT2D eigenvalue weighted by Crippen LogP contribution is 2.51. The average Bonchev–Trinajstić information content (AvgIpc) is 2.66. The average molecular weight is 478 g/mol. The van der Waals surface area contributed by atoms with Gasteiger partial charge in [-0.1, -0.05) is 19.3 Å². The summed E-state index contributed by atoms with van der Waals surface area (Å²) >= 11 is 0. The van der Waals surface area contributed by atoms with Gasteiger partial charge >= 0.3 is 33.2 Å². The normalized spacial score (nSPS) is 28.5. The molecule has 0 aromatic rings. The van der Waals surface area contributed by atoms with Crippen LogP contribution in [0.1, 0.15) is 51.4 Å². The predicted octanol–water partition coefficient (Wildman–Crippen LogP) is 2.55. The van der Waals surface area contributed by atoms with Crippen LogP contribution in [0.15, 0.2) is 0 Å². The van der Waals surface area contributed by atoms with Crippen LogP contribution in [-0.2, 0) is 29.2 Å². The van der Waals surface area contributed by atoms with Crippen LogP contribution >= 0.6 is 0 Å². The third-order valence-electron chi connectivity index (χ3n) is 6.04. The molecule has 2 rings (SSSR count). The number of carbonyl (C=O) groups is 2. The van der Waals surface area contributed by atoms with Crippen LogP contribution in [0.5, 0.6) is 0 Å². The molecule has 31 heavy (non-hydrogen) atoms. The molecule has 2 fully saturated rings. The van der Waals surface area contributed by atoms with Crippen molar-refractivity contribution in [3.8, 4) is 0 Å². The quantitative estimate of drug-likeness (QED) is 0.294. The molecule has 0 amide bonds. The Hall–Kier alpha value is -1.47.